The van der Waals surface area contributed by atoms with Crippen LogP contribution in [0.2, 0.25) is 0 Å². The van der Waals surface area contributed by atoms with Crippen LogP contribution in [0.4, 0.5) is 5.69 Å². The highest BCUT2D eigenvalue weighted by molar-refractivity contribution is 8.00. The number of nitrogens with one attached hydrogen (secondary N) is 1. The van der Waals surface area contributed by atoms with E-state index in [1.54, 1.807) is 26.1 Å². The van der Waals surface area contributed by atoms with Crippen molar-refractivity contribution in [2.75, 3.05) is 31.6 Å². The minimum absolute atomic E-state index is 0.190. The Morgan fingerprint density at radius 3 is 2.52 bits per heavy atom. The molecule has 1 aromatic carbocycles. The summed E-state index contributed by atoms with van der Waals surface area (Å²) in [4.78, 5) is 12.5. The smallest absolute Gasteiger partial charge is 0.243 e. The van der Waals surface area contributed by atoms with Crippen LogP contribution in [0.15, 0.2) is 34.3 Å². The number of rotatable bonds is 6. The Hall–Kier alpha value is -2.02. The standard InChI is InChI=1S/C15H20N6O4S2/c1-11(26-15-17-18-19-20(15)2)14(22)16-12-3-5-13(6-4-12)27(23,24)21-7-9-25-10-8-21/h3-6,11H,7-10H2,1-2H3,(H,16,22). The first-order valence-corrected chi connectivity index (χ1v) is 10.6. The summed E-state index contributed by atoms with van der Waals surface area (Å²) in [6.07, 6.45) is 0. The fourth-order valence-electron chi connectivity index (χ4n) is 2.42. The van der Waals surface area contributed by atoms with E-state index in [1.807, 2.05) is 0 Å². The van der Waals surface area contributed by atoms with Crippen LogP contribution in [0.3, 0.4) is 0 Å². The second-order valence-corrected chi connectivity index (χ2v) is 9.12. The summed E-state index contributed by atoms with van der Waals surface area (Å²) < 4.78 is 33.3. The number of benzene rings is 1. The minimum atomic E-state index is -3.55. The van der Waals surface area contributed by atoms with Gasteiger partial charge in [0.1, 0.15) is 0 Å². The van der Waals surface area contributed by atoms with Gasteiger partial charge in [0.15, 0.2) is 0 Å². The van der Waals surface area contributed by atoms with Gasteiger partial charge in [-0.1, -0.05) is 11.8 Å². The van der Waals surface area contributed by atoms with Gasteiger partial charge in [-0.05, 0) is 41.6 Å². The summed E-state index contributed by atoms with van der Waals surface area (Å²) in [5.74, 6) is -0.230. The van der Waals surface area contributed by atoms with Crippen LogP contribution in [-0.4, -0.2) is 70.4 Å². The lowest BCUT2D eigenvalue weighted by molar-refractivity contribution is -0.115. The Bertz CT molecular complexity index is 893. The molecule has 0 bridgehead atoms. The molecule has 1 saturated heterocycles. The highest BCUT2D eigenvalue weighted by Gasteiger charge is 2.26. The first kappa shape index (κ1) is 19.7. The monoisotopic (exact) mass is 412 g/mol. The Kier molecular flexibility index (Phi) is 6.09. The first-order chi connectivity index (χ1) is 12.9. The van der Waals surface area contributed by atoms with Crippen LogP contribution in [0.5, 0.6) is 0 Å². The summed E-state index contributed by atoms with van der Waals surface area (Å²) in [6, 6.07) is 6.13. The molecule has 3 rings (SSSR count). The van der Waals surface area contributed by atoms with Gasteiger partial charge in [-0.2, -0.15) is 4.31 Å². The molecule has 0 radical (unpaired) electrons. The summed E-state index contributed by atoms with van der Waals surface area (Å²) in [7, 11) is -1.86. The molecule has 1 fully saturated rings. The second kappa shape index (κ2) is 8.33. The molecule has 1 amide bonds. The van der Waals surface area contributed by atoms with Crippen LogP contribution in [-0.2, 0) is 26.6 Å². The number of ether oxygens (including phenoxy) is 1. The third kappa shape index (κ3) is 4.64. The van der Waals surface area contributed by atoms with Crippen LogP contribution >= 0.6 is 11.8 Å². The Balaban J connectivity index is 1.63. The molecule has 1 atom stereocenters. The maximum Gasteiger partial charge on any atom is 0.243 e. The number of anilines is 1. The Morgan fingerprint density at radius 2 is 1.93 bits per heavy atom. The molecule has 1 N–H and O–H groups in total. The Labute approximate surface area is 161 Å². The molecule has 1 aliphatic rings. The first-order valence-electron chi connectivity index (χ1n) is 8.26. The van der Waals surface area contributed by atoms with Crippen LogP contribution in [0.1, 0.15) is 6.92 Å². The van der Waals surface area contributed by atoms with Gasteiger partial charge in [0, 0.05) is 25.8 Å². The molecule has 12 heteroatoms. The predicted octanol–water partition coefficient (Wildman–Crippen LogP) is 0.350. The fraction of sp³-hybridized carbons (Fsp3) is 0.467. The number of aromatic nitrogens is 4. The average Bonchev–Trinajstić information content (AvgIpc) is 3.07. The molecule has 1 aromatic heterocycles. The van der Waals surface area contributed by atoms with Gasteiger partial charge >= 0.3 is 0 Å². The van der Waals surface area contributed by atoms with Crippen molar-refractivity contribution in [1.29, 1.82) is 0 Å². The molecule has 146 valence electrons. The number of hydrogen-bond donors (Lipinski definition) is 1. The van der Waals surface area contributed by atoms with E-state index >= 15 is 0 Å². The van der Waals surface area contributed by atoms with Crippen molar-refractivity contribution in [3.63, 3.8) is 0 Å². The SMILES string of the molecule is CC(Sc1nnnn1C)C(=O)Nc1ccc(S(=O)(=O)N2CCOCC2)cc1. The predicted molar refractivity (Wildman–Crippen MR) is 98.8 cm³/mol. The lowest BCUT2D eigenvalue weighted by atomic mass is 10.3. The molecule has 0 saturated carbocycles. The molecule has 10 nitrogen and oxygen atoms in total. The van der Waals surface area contributed by atoms with Crippen LogP contribution in [0.25, 0.3) is 0 Å². The number of aryl methyl sites for hydroxylation is 1. The molecule has 1 unspecified atom stereocenters. The molecular formula is C15H20N6O4S2. The third-order valence-corrected chi connectivity index (χ3v) is 7.00. The van der Waals surface area contributed by atoms with E-state index < -0.39 is 15.3 Å². The molecule has 0 aliphatic carbocycles. The zero-order valence-electron chi connectivity index (χ0n) is 14.9. The van der Waals surface area contributed by atoms with Crippen LogP contribution < -0.4 is 5.32 Å². The molecule has 2 heterocycles. The summed E-state index contributed by atoms with van der Waals surface area (Å²) in [6.45, 7) is 3.21. The van der Waals surface area contributed by atoms with Crippen molar-refractivity contribution in [3.05, 3.63) is 24.3 Å². The van der Waals surface area contributed by atoms with Crippen molar-refractivity contribution in [1.82, 2.24) is 24.5 Å². The number of tetrazole rings is 1. The number of thioether (sulfide) groups is 1. The van der Waals surface area contributed by atoms with Crippen molar-refractivity contribution in [3.8, 4) is 0 Å². The number of nitrogens with zero attached hydrogens (tertiary/aromatic N) is 5. The van der Waals surface area contributed by atoms with E-state index in [1.165, 1.54) is 32.9 Å². The van der Waals surface area contributed by atoms with Gasteiger partial charge < -0.3 is 10.1 Å². The lowest BCUT2D eigenvalue weighted by Crippen LogP contribution is -2.40. The van der Waals surface area contributed by atoms with Gasteiger partial charge in [-0.3, -0.25) is 4.79 Å². The van der Waals surface area contributed by atoms with E-state index in [0.29, 0.717) is 37.1 Å². The number of carbonyl (C=O) groups is 1. The van der Waals surface area contributed by atoms with Gasteiger partial charge in [-0.25, -0.2) is 13.1 Å². The number of amides is 1. The molecule has 0 spiro atoms. The average molecular weight is 412 g/mol. The highest BCUT2D eigenvalue weighted by Crippen LogP contribution is 2.22. The topological polar surface area (TPSA) is 119 Å². The zero-order valence-corrected chi connectivity index (χ0v) is 16.5. The van der Waals surface area contributed by atoms with E-state index in [2.05, 4.69) is 20.8 Å². The zero-order chi connectivity index (χ0) is 19.4. The number of sulfonamides is 1. The van der Waals surface area contributed by atoms with E-state index in [0.717, 1.165) is 0 Å². The highest BCUT2D eigenvalue weighted by atomic mass is 32.2. The van der Waals surface area contributed by atoms with Crippen molar-refractivity contribution < 1.29 is 17.9 Å². The van der Waals surface area contributed by atoms with Crippen LogP contribution in [0, 0.1) is 0 Å². The van der Waals surface area contributed by atoms with Gasteiger partial charge in [-0.15, -0.1) is 5.10 Å². The fourth-order valence-corrected chi connectivity index (χ4v) is 4.59. The van der Waals surface area contributed by atoms with Crippen molar-refractivity contribution in [2.45, 2.75) is 22.2 Å². The lowest BCUT2D eigenvalue weighted by Gasteiger charge is -2.26. The van der Waals surface area contributed by atoms with E-state index in [-0.39, 0.29) is 10.8 Å². The maximum atomic E-state index is 12.6. The largest absolute Gasteiger partial charge is 0.379 e. The quantitative estimate of drug-likeness (QED) is 0.675. The molecular weight excluding hydrogens is 392 g/mol. The van der Waals surface area contributed by atoms with E-state index in [4.69, 9.17) is 4.74 Å². The van der Waals surface area contributed by atoms with Gasteiger partial charge in [0.05, 0.1) is 23.4 Å². The normalized spacial score (nSPS) is 16.8. The van der Waals surface area contributed by atoms with E-state index in [9.17, 15) is 13.2 Å². The third-order valence-electron chi connectivity index (χ3n) is 3.96. The molecule has 1 aliphatic heterocycles. The Morgan fingerprint density at radius 1 is 1.26 bits per heavy atom. The van der Waals surface area contributed by atoms with Gasteiger partial charge in [0.25, 0.3) is 0 Å². The summed E-state index contributed by atoms with van der Waals surface area (Å²) in [5.41, 5.74) is 0.518. The number of hydrogen-bond acceptors (Lipinski definition) is 8. The summed E-state index contributed by atoms with van der Waals surface area (Å²) >= 11 is 1.23. The summed E-state index contributed by atoms with van der Waals surface area (Å²) in [5, 5.41) is 14.0. The number of morpholine rings is 1. The molecule has 27 heavy (non-hydrogen) atoms. The van der Waals surface area contributed by atoms with Crippen molar-refractivity contribution in [2.24, 2.45) is 7.05 Å². The molecule has 2 aromatic rings. The van der Waals surface area contributed by atoms with Crippen molar-refractivity contribution >= 4 is 33.4 Å². The maximum absolute atomic E-state index is 12.6. The second-order valence-electron chi connectivity index (χ2n) is 5.88. The number of carbonyl (C=O) groups excluding carboxylic acids is 1. The van der Waals surface area contributed by atoms with Gasteiger partial charge in [0.2, 0.25) is 21.1 Å². The minimum Gasteiger partial charge on any atom is -0.379 e.